The van der Waals surface area contributed by atoms with Crippen LogP contribution in [0.5, 0.6) is 0 Å². The van der Waals surface area contributed by atoms with Crippen molar-refractivity contribution in [3.63, 3.8) is 0 Å². The summed E-state index contributed by atoms with van der Waals surface area (Å²) < 4.78 is 0. The summed E-state index contributed by atoms with van der Waals surface area (Å²) in [6.45, 7) is 0. The second-order valence-electron chi connectivity index (χ2n) is 5.65. The molecular formula is C13H17NS. The minimum atomic E-state index is 0.200. The molecule has 4 rings (SSSR count). The van der Waals surface area contributed by atoms with Crippen molar-refractivity contribution < 1.29 is 0 Å². The summed E-state index contributed by atoms with van der Waals surface area (Å²) in [6, 6.07) is 2.49. The Hall–Kier alpha value is -0.340. The van der Waals surface area contributed by atoms with Crippen molar-refractivity contribution in [1.82, 2.24) is 0 Å². The van der Waals surface area contributed by atoms with Gasteiger partial charge in [0.25, 0.3) is 0 Å². The fourth-order valence-electron chi connectivity index (χ4n) is 3.29. The quantitative estimate of drug-likeness (QED) is 0.813. The minimum Gasteiger partial charge on any atom is -0.324 e. The summed E-state index contributed by atoms with van der Waals surface area (Å²) in [7, 11) is 0. The van der Waals surface area contributed by atoms with Crippen LogP contribution < -0.4 is 5.73 Å². The number of fused-ring (bicyclic) bond motifs is 1. The topological polar surface area (TPSA) is 26.0 Å². The molecule has 0 spiro atoms. The summed E-state index contributed by atoms with van der Waals surface area (Å²) in [4.78, 5) is 3.30. The van der Waals surface area contributed by atoms with Crippen molar-refractivity contribution in [3.05, 3.63) is 21.4 Å². The van der Waals surface area contributed by atoms with Crippen LogP contribution in [0.3, 0.4) is 0 Å². The van der Waals surface area contributed by atoms with Crippen LogP contribution in [0.1, 0.15) is 47.4 Å². The third kappa shape index (κ3) is 1.02. The lowest BCUT2D eigenvalue weighted by atomic mass is 9.92. The highest BCUT2D eigenvalue weighted by molar-refractivity contribution is 7.12. The summed E-state index contributed by atoms with van der Waals surface area (Å²) in [5.41, 5.74) is 8.72. The normalized spacial score (nSPS) is 28.9. The summed E-state index contributed by atoms with van der Waals surface area (Å²) in [5, 5.41) is 0. The van der Waals surface area contributed by atoms with E-state index in [4.69, 9.17) is 5.73 Å². The molecule has 2 saturated carbocycles. The van der Waals surface area contributed by atoms with E-state index >= 15 is 0 Å². The lowest BCUT2D eigenvalue weighted by molar-refractivity contribution is 0.511. The highest BCUT2D eigenvalue weighted by Crippen LogP contribution is 2.65. The van der Waals surface area contributed by atoms with Crippen LogP contribution in [-0.4, -0.2) is 5.54 Å². The Morgan fingerprint density at radius 2 is 1.93 bits per heavy atom. The predicted octanol–water partition coefficient (Wildman–Crippen LogP) is 2.76. The van der Waals surface area contributed by atoms with E-state index in [2.05, 4.69) is 17.4 Å². The fourth-order valence-corrected chi connectivity index (χ4v) is 4.90. The van der Waals surface area contributed by atoms with Crippen LogP contribution in [0, 0.1) is 0 Å². The van der Waals surface area contributed by atoms with Crippen LogP contribution in [0.25, 0.3) is 0 Å². The number of hydrogen-bond donors (Lipinski definition) is 1. The van der Waals surface area contributed by atoms with E-state index < -0.39 is 0 Å². The Morgan fingerprint density at radius 1 is 1.13 bits per heavy atom. The van der Waals surface area contributed by atoms with Gasteiger partial charge < -0.3 is 5.73 Å². The maximum Gasteiger partial charge on any atom is 0.0261 e. The van der Waals surface area contributed by atoms with Gasteiger partial charge in [-0.25, -0.2) is 0 Å². The van der Waals surface area contributed by atoms with Gasteiger partial charge in [-0.15, -0.1) is 11.3 Å². The zero-order chi connectivity index (χ0) is 10.1. The predicted molar refractivity (Wildman–Crippen MR) is 63.4 cm³/mol. The minimum absolute atomic E-state index is 0.200. The van der Waals surface area contributed by atoms with Gasteiger partial charge in [0.05, 0.1) is 0 Å². The smallest absolute Gasteiger partial charge is 0.0261 e. The Morgan fingerprint density at radius 3 is 2.53 bits per heavy atom. The molecule has 2 fully saturated rings. The monoisotopic (exact) mass is 219 g/mol. The average molecular weight is 219 g/mol. The van der Waals surface area contributed by atoms with E-state index in [1.165, 1.54) is 44.9 Å². The summed E-state index contributed by atoms with van der Waals surface area (Å²) >= 11 is 2.08. The molecule has 1 aromatic rings. The first-order valence-corrected chi connectivity index (χ1v) is 6.96. The molecular weight excluding hydrogens is 202 g/mol. The maximum absolute atomic E-state index is 6.44. The first-order valence-electron chi connectivity index (χ1n) is 6.15. The van der Waals surface area contributed by atoms with Gasteiger partial charge in [-0.1, -0.05) is 0 Å². The lowest BCUT2D eigenvalue weighted by Crippen LogP contribution is -2.36. The van der Waals surface area contributed by atoms with E-state index in [1.807, 2.05) is 0 Å². The second kappa shape index (κ2) is 2.49. The Labute approximate surface area is 94.7 Å². The number of nitrogens with two attached hydrogens (primary N) is 1. The second-order valence-corrected chi connectivity index (χ2v) is 6.79. The third-order valence-electron chi connectivity index (χ3n) is 4.71. The van der Waals surface area contributed by atoms with Gasteiger partial charge in [-0.3, -0.25) is 0 Å². The number of hydrogen-bond acceptors (Lipinski definition) is 2. The number of aryl methyl sites for hydroxylation is 2. The van der Waals surface area contributed by atoms with Crippen molar-refractivity contribution in [2.24, 2.45) is 5.73 Å². The van der Waals surface area contributed by atoms with Gasteiger partial charge >= 0.3 is 0 Å². The lowest BCUT2D eigenvalue weighted by Gasteiger charge is -2.21. The van der Waals surface area contributed by atoms with E-state index in [0.717, 1.165) is 0 Å². The molecule has 1 heterocycles. The molecule has 0 atom stereocenters. The highest BCUT2D eigenvalue weighted by atomic mass is 32.1. The molecule has 15 heavy (non-hydrogen) atoms. The molecule has 2 N–H and O–H groups in total. The van der Waals surface area contributed by atoms with Crippen LogP contribution in [0.2, 0.25) is 0 Å². The molecule has 0 aliphatic heterocycles. The maximum atomic E-state index is 6.44. The van der Waals surface area contributed by atoms with E-state index in [-0.39, 0.29) is 5.54 Å². The van der Waals surface area contributed by atoms with Crippen molar-refractivity contribution in [2.45, 2.75) is 55.9 Å². The van der Waals surface area contributed by atoms with E-state index in [1.54, 1.807) is 15.3 Å². The Balaban J connectivity index is 1.77. The Kier molecular flexibility index (Phi) is 1.46. The van der Waals surface area contributed by atoms with Gasteiger partial charge in [0.15, 0.2) is 0 Å². The summed E-state index contributed by atoms with van der Waals surface area (Å²) in [6.07, 6.45) is 9.24. The molecule has 1 nitrogen and oxygen atoms in total. The van der Waals surface area contributed by atoms with Crippen LogP contribution in [0.15, 0.2) is 6.07 Å². The molecule has 0 saturated heterocycles. The molecule has 0 aromatic carbocycles. The molecule has 3 aliphatic rings. The van der Waals surface area contributed by atoms with E-state index in [9.17, 15) is 0 Å². The summed E-state index contributed by atoms with van der Waals surface area (Å²) in [5.74, 6) is 0. The molecule has 0 radical (unpaired) electrons. The van der Waals surface area contributed by atoms with Crippen LogP contribution in [0.4, 0.5) is 0 Å². The van der Waals surface area contributed by atoms with Gasteiger partial charge in [0.1, 0.15) is 0 Å². The van der Waals surface area contributed by atoms with Crippen molar-refractivity contribution in [2.75, 3.05) is 0 Å². The molecule has 80 valence electrons. The SMILES string of the molecule is NC1(C2(c3cc4c(s3)CCC4)CC2)CC1. The van der Waals surface area contributed by atoms with Gasteiger partial charge in [-0.2, -0.15) is 0 Å². The van der Waals surface area contributed by atoms with E-state index in [0.29, 0.717) is 5.41 Å². The molecule has 0 amide bonds. The molecule has 2 heteroatoms. The van der Waals surface area contributed by atoms with Gasteiger partial charge in [0.2, 0.25) is 0 Å². The largest absolute Gasteiger partial charge is 0.324 e. The van der Waals surface area contributed by atoms with Crippen LogP contribution >= 0.6 is 11.3 Å². The third-order valence-corrected chi connectivity index (χ3v) is 6.15. The Bertz CT molecular complexity index is 402. The van der Waals surface area contributed by atoms with Crippen LogP contribution in [-0.2, 0) is 18.3 Å². The molecule has 0 bridgehead atoms. The van der Waals surface area contributed by atoms with Gasteiger partial charge in [-0.05, 0) is 56.6 Å². The zero-order valence-corrected chi connectivity index (χ0v) is 9.83. The zero-order valence-electron chi connectivity index (χ0n) is 9.01. The molecule has 0 unspecified atom stereocenters. The fraction of sp³-hybridized carbons (Fsp3) is 0.692. The van der Waals surface area contributed by atoms with Gasteiger partial charge in [0, 0.05) is 20.7 Å². The molecule has 1 aromatic heterocycles. The van der Waals surface area contributed by atoms with Crippen molar-refractivity contribution in [1.29, 1.82) is 0 Å². The standard InChI is InChI=1S/C13H17NS/c14-13(6-7-13)12(4-5-12)11-8-9-2-1-3-10(9)15-11/h8H,1-7,14H2. The highest BCUT2D eigenvalue weighted by Gasteiger charge is 2.64. The van der Waals surface area contributed by atoms with Crippen molar-refractivity contribution in [3.8, 4) is 0 Å². The first-order chi connectivity index (χ1) is 7.24. The number of thiophene rings is 1. The van der Waals surface area contributed by atoms with Crippen molar-refractivity contribution >= 4 is 11.3 Å². The molecule has 3 aliphatic carbocycles. The number of rotatable bonds is 2. The first kappa shape index (κ1) is 8.77. The average Bonchev–Trinajstić information content (AvgIpc) is 3.06.